The number of benzene rings is 1. The Morgan fingerprint density at radius 3 is 2.63 bits per heavy atom. The third-order valence-corrected chi connectivity index (χ3v) is 2.87. The first kappa shape index (κ1) is 13.7. The zero-order chi connectivity index (χ0) is 12.4. The van der Waals surface area contributed by atoms with E-state index in [9.17, 15) is 0 Å². The van der Waals surface area contributed by atoms with Gasteiger partial charge in [0.15, 0.2) is 0 Å². The molecule has 4 heteroatoms. The number of pyridine rings is 1. The molecule has 98 valence electrons. The van der Waals surface area contributed by atoms with Crippen LogP contribution in [-0.2, 0) is 21.1 Å². The predicted molar refractivity (Wildman–Crippen MR) is 70.4 cm³/mol. The first-order valence-electron chi connectivity index (χ1n) is 5.79. The Kier molecular flexibility index (Phi) is 4.28. The molecule has 0 saturated carbocycles. The Morgan fingerprint density at radius 1 is 1.11 bits per heavy atom. The zero-order valence-corrected chi connectivity index (χ0v) is 12.6. The maximum Gasteiger partial charge on any atom is 0.0736 e. The van der Waals surface area contributed by atoms with Crippen molar-refractivity contribution in [2.45, 2.75) is 6.92 Å². The average molecular weight is 429 g/mol. The van der Waals surface area contributed by atoms with Crippen molar-refractivity contribution in [3.8, 4) is 16.9 Å². The third kappa shape index (κ3) is 2.66. The van der Waals surface area contributed by atoms with E-state index in [0.29, 0.717) is 0 Å². The zero-order valence-electron chi connectivity index (χ0n) is 10.4. The molecule has 0 unspecified atom stereocenters. The monoisotopic (exact) mass is 429 g/mol. The van der Waals surface area contributed by atoms with E-state index in [1.54, 1.807) is 6.20 Å². The average Bonchev–Trinajstić information content (AvgIpc) is 2.83. The smallest absolute Gasteiger partial charge is 0.0736 e. The molecule has 2 aromatic heterocycles. The molecule has 0 atom stereocenters. The second kappa shape index (κ2) is 5.94. The summed E-state index contributed by atoms with van der Waals surface area (Å²) in [5.41, 5.74) is 4.00. The second-order valence-electron chi connectivity index (χ2n) is 4.02. The summed E-state index contributed by atoms with van der Waals surface area (Å²) in [5.74, 6) is 0. The molecule has 0 spiro atoms. The van der Waals surface area contributed by atoms with E-state index in [4.69, 9.17) is 0 Å². The molecule has 0 aliphatic heterocycles. The molecule has 0 radical (unpaired) electrons. The van der Waals surface area contributed by atoms with Gasteiger partial charge in [-0.3, -0.25) is 9.67 Å². The van der Waals surface area contributed by atoms with Gasteiger partial charge in [0.1, 0.15) is 0 Å². The van der Waals surface area contributed by atoms with Crippen LogP contribution in [0.3, 0.4) is 0 Å². The van der Waals surface area contributed by atoms with Crippen LogP contribution in [0.2, 0.25) is 0 Å². The van der Waals surface area contributed by atoms with Gasteiger partial charge in [-0.05, 0) is 24.7 Å². The van der Waals surface area contributed by atoms with Crippen LogP contribution in [0.15, 0.2) is 54.9 Å². The number of para-hydroxylation sites is 1. The number of hydrogen-bond acceptors (Lipinski definition) is 2. The van der Waals surface area contributed by atoms with Crippen LogP contribution in [-0.4, -0.2) is 14.8 Å². The quantitative estimate of drug-likeness (QED) is 0.587. The predicted octanol–water partition coefficient (Wildman–Crippen LogP) is 3.04. The fraction of sp³-hybridized carbons (Fsp3) is 0.0667. The van der Waals surface area contributed by atoms with E-state index in [-0.39, 0.29) is 21.1 Å². The van der Waals surface area contributed by atoms with Crippen LogP contribution in [0.5, 0.6) is 0 Å². The van der Waals surface area contributed by atoms with E-state index in [1.807, 2.05) is 60.3 Å². The summed E-state index contributed by atoms with van der Waals surface area (Å²) >= 11 is 0. The van der Waals surface area contributed by atoms with Gasteiger partial charge in [-0.15, -0.1) is 6.07 Å². The second-order valence-corrected chi connectivity index (χ2v) is 4.02. The van der Waals surface area contributed by atoms with Crippen molar-refractivity contribution in [1.29, 1.82) is 0 Å². The summed E-state index contributed by atoms with van der Waals surface area (Å²) in [6, 6.07) is 16.9. The molecule has 0 N–H and O–H groups in total. The number of hydrogen-bond donors (Lipinski definition) is 0. The largest absolute Gasteiger partial charge is 0.262 e. The minimum Gasteiger partial charge on any atom is -0.262 e. The van der Waals surface area contributed by atoms with Gasteiger partial charge < -0.3 is 0 Å². The fourth-order valence-corrected chi connectivity index (χ4v) is 1.94. The van der Waals surface area contributed by atoms with Gasteiger partial charge in [0.05, 0.1) is 11.9 Å². The molecule has 2 heterocycles. The van der Waals surface area contributed by atoms with Gasteiger partial charge in [0, 0.05) is 38.5 Å². The molecule has 3 nitrogen and oxygen atoms in total. The maximum atomic E-state index is 4.41. The molecule has 1 aromatic carbocycles. The van der Waals surface area contributed by atoms with Crippen molar-refractivity contribution in [2.75, 3.05) is 0 Å². The van der Waals surface area contributed by atoms with Crippen molar-refractivity contribution in [2.24, 2.45) is 0 Å². The summed E-state index contributed by atoms with van der Waals surface area (Å²) in [7, 11) is 0. The molecule has 0 aliphatic rings. The number of nitrogens with zero attached hydrogens (tertiary/aromatic N) is 3. The summed E-state index contributed by atoms with van der Waals surface area (Å²) in [6.07, 6.45) is 3.64. The summed E-state index contributed by atoms with van der Waals surface area (Å²) in [4.78, 5) is 4.35. The molecule has 0 bridgehead atoms. The standard InChI is InChI=1S/C15H12N3.Pt/c1-12-14(15-9-5-6-10-16-15)11-17-18(12)13-7-3-2-4-8-13;/h2-7,9-11H,1H3;/q-1;. The number of rotatable bonds is 2. The van der Waals surface area contributed by atoms with Gasteiger partial charge in [-0.1, -0.05) is 6.07 Å². The van der Waals surface area contributed by atoms with Crippen molar-refractivity contribution in [3.05, 3.63) is 66.6 Å². The molecule has 0 aliphatic carbocycles. The van der Waals surface area contributed by atoms with Crippen LogP contribution in [0.4, 0.5) is 0 Å². The summed E-state index contributed by atoms with van der Waals surface area (Å²) in [6.45, 7) is 2.04. The molecule has 19 heavy (non-hydrogen) atoms. The third-order valence-electron chi connectivity index (χ3n) is 2.87. The van der Waals surface area contributed by atoms with Gasteiger partial charge in [-0.2, -0.15) is 29.4 Å². The van der Waals surface area contributed by atoms with E-state index in [0.717, 1.165) is 22.6 Å². The minimum absolute atomic E-state index is 0. The molecule has 0 amide bonds. The van der Waals surface area contributed by atoms with E-state index in [2.05, 4.69) is 16.1 Å². The van der Waals surface area contributed by atoms with E-state index in [1.165, 1.54) is 0 Å². The van der Waals surface area contributed by atoms with Crippen LogP contribution in [0.1, 0.15) is 5.69 Å². The molecule has 3 aromatic rings. The Hall–Kier alpha value is -1.73. The summed E-state index contributed by atoms with van der Waals surface area (Å²) in [5, 5.41) is 4.41. The molecular weight excluding hydrogens is 417 g/mol. The molecule has 3 rings (SSSR count). The van der Waals surface area contributed by atoms with Crippen LogP contribution in [0.25, 0.3) is 16.9 Å². The van der Waals surface area contributed by atoms with Crippen LogP contribution in [0, 0.1) is 13.0 Å². The molecule has 0 fully saturated rings. The van der Waals surface area contributed by atoms with Crippen molar-refractivity contribution < 1.29 is 21.1 Å². The minimum atomic E-state index is 0. The SMILES string of the molecule is Cc1c(-c2ccccn2)cnn1-c1[c-]cccc1.[Pt]. The molecule has 0 saturated heterocycles. The van der Waals surface area contributed by atoms with Gasteiger partial charge >= 0.3 is 0 Å². The Morgan fingerprint density at radius 2 is 1.95 bits per heavy atom. The molecular formula is C15H12N3Pt-. The van der Waals surface area contributed by atoms with Crippen molar-refractivity contribution in [1.82, 2.24) is 14.8 Å². The Balaban J connectivity index is 0.00000133. The first-order valence-corrected chi connectivity index (χ1v) is 5.79. The number of aromatic nitrogens is 3. The van der Waals surface area contributed by atoms with Crippen LogP contribution >= 0.6 is 0 Å². The van der Waals surface area contributed by atoms with Gasteiger partial charge in [0.2, 0.25) is 0 Å². The fourth-order valence-electron chi connectivity index (χ4n) is 1.94. The van der Waals surface area contributed by atoms with E-state index >= 15 is 0 Å². The normalized spacial score (nSPS) is 9.95. The van der Waals surface area contributed by atoms with Crippen molar-refractivity contribution >= 4 is 0 Å². The van der Waals surface area contributed by atoms with E-state index < -0.39 is 0 Å². The van der Waals surface area contributed by atoms with Crippen molar-refractivity contribution in [3.63, 3.8) is 0 Å². The first-order chi connectivity index (χ1) is 8.86. The Labute approximate surface area is 126 Å². The van der Waals surface area contributed by atoms with Gasteiger partial charge in [-0.25, -0.2) is 0 Å². The topological polar surface area (TPSA) is 30.7 Å². The summed E-state index contributed by atoms with van der Waals surface area (Å²) < 4.78 is 1.88. The maximum absolute atomic E-state index is 4.41. The Bertz CT molecular complexity index is 591. The van der Waals surface area contributed by atoms with Gasteiger partial charge in [0.25, 0.3) is 0 Å². The van der Waals surface area contributed by atoms with Crippen LogP contribution < -0.4 is 0 Å².